The number of benzene rings is 4. The van der Waals surface area contributed by atoms with Crippen molar-refractivity contribution in [1.29, 1.82) is 0 Å². The predicted octanol–water partition coefficient (Wildman–Crippen LogP) is 18.6. The van der Waals surface area contributed by atoms with Crippen molar-refractivity contribution in [3.8, 4) is 23.0 Å². The molecule has 4 aromatic carbocycles. The third-order valence-electron chi connectivity index (χ3n) is 21.7. The molecule has 0 atom stereocenters. The lowest BCUT2D eigenvalue weighted by molar-refractivity contribution is -0.140. The zero-order valence-corrected chi connectivity index (χ0v) is 72.1. The maximum Gasteiger partial charge on any atom is 0.335 e. The first kappa shape index (κ1) is 88.3. The van der Waals surface area contributed by atoms with Crippen LogP contribution in [0.15, 0.2) is 97.1 Å². The number of carbonyl (C=O) groups excluding carboxylic acids is 4. The molecule has 104 heavy (non-hydrogen) atoms. The molecule has 0 aliphatic heterocycles. The summed E-state index contributed by atoms with van der Waals surface area (Å²) in [7, 11) is -1.79. The van der Waals surface area contributed by atoms with Crippen LogP contribution in [0.3, 0.4) is 0 Å². The van der Waals surface area contributed by atoms with Crippen molar-refractivity contribution in [2.75, 3.05) is 81.3 Å². The summed E-state index contributed by atoms with van der Waals surface area (Å²) >= 11 is 0. The van der Waals surface area contributed by atoms with Gasteiger partial charge in [-0.1, -0.05) is 158 Å². The predicted molar refractivity (Wildman–Crippen MR) is 429 cm³/mol. The molecule has 0 aromatic heterocycles. The van der Waals surface area contributed by atoms with Gasteiger partial charge in [0, 0.05) is 25.7 Å². The van der Waals surface area contributed by atoms with E-state index in [1.54, 1.807) is 28.4 Å². The molecule has 0 saturated heterocycles. The molecule has 0 heterocycles. The van der Waals surface area contributed by atoms with E-state index in [0.717, 1.165) is 66.8 Å². The third kappa shape index (κ3) is 24.9. The molecule has 1 aliphatic carbocycles. The lowest BCUT2D eigenvalue weighted by atomic mass is 9.87. The number of carbonyl (C=O) groups is 4. The smallest absolute Gasteiger partial charge is 0.335 e. The second-order valence-corrected chi connectivity index (χ2v) is 53.3. The number of fused-ring (bicyclic) bond motifs is 8. The van der Waals surface area contributed by atoms with Crippen LogP contribution >= 0.6 is 0 Å². The van der Waals surface area contributed by atoms with E-state index < -0.39 is 57.1 Å². The quantitative estimate of drug-likeness (QED) is 0.0121. The van der Waals surface area contributed by atoms with Crippen molar-refractivity contribution >= 4 is 57.1 Å². The summed E-state index contributed by atoms with van der Waals surface area (Å²) in [5.41, 5.74) is 12.5. The number of rotatable bonds is 36. The Morgan fingerprint density at radius 3 is 0.596 bits per heavy atom. The molecule has 576 valence electrons. The highest BCUT2D eigenvalue weighted by Gasteiger charge is 2.41. The largest absolute Gasteiger partial charge is 0.496 e. The van der Waals surface area contributed by atoms with Crippen LogP contribution in [0.5, 0.6) is 23.0 Å². The average molecular weight is 1510 g/mol. The first-order valence-electron chi connectivity index (χ1n) is 36.9. The fourth-order valence-electron chi connectivity index (χ4n) is 11.1. The summed E-state index contributed by atoms with van der Waals surface area (Å²) in [6.45, 7) is 60.3. The minimum absolute atomic E-state index is 0.0358. The molecule has 0 spiro atoms. The Labute approximate surface area is 629 Å². The summed E-state index contributed by atoms with van der Waals surface area (Å²) in [5, 5.41) is -0.143. The lowest BCUT2D eigenvalue weighted by Gasteiger charge is -2.36. The molecular formula is C84H128O16Si4. The maximum absolute atomic E-state index is 13.4. The summed E-state index contributed by atoms with van der Waals surface area (Å²) in [4.78, 5) is 53.7. The zero-order chi connectivity index (χ0) is 78.1. The molecule has 4 aromatic rings. The lowest BCUT2D eigenvalue weighted by Crippen LogP contribution is -2.41. The number of aryl methyl sites for hydroxylation is 4. The Morgan fingerprint density at radius 1 is 0.308 bits per heavy atom. The third-order valence-corrected chi connectivity index (χ3v) is 39.6. The van der Waals surface area contributed by atoms with Gasteiger partial charge in [-0.25, -0.2) is 19.2 Å². The minimum Gasteiger partial charge on any atom is -0.496 e. The summed E-state index contributed by atoms with van der Waals surface area (Å²) < 4.78 is 75.0. The van der Waals surface area contributed by atoms with E-state index in [4.69, 9.17) is 55.6 Å². The summed E-state index contributed by atoms with van der Waals surface area (Å²) in [6, 6.07) is 17.4. The van der Waals surface area contributed by atoms with Crippen molar-refractivity contribution in [2.45, 2.75) is 233 Å². The van der Waals surface area contributed by atoms with Crippen molar-refractivity contribution in [3.05, 3.63) is 164 Å². The molecule has 8 bridgehead atoms. The fraction of sp³-hybridized carbons (Fsp3) is 0.571. The summed E-state index contributed by atoms with van der Waals surface area (Å²) in [5.74, 6) is 0.896. The first-order valence-corrected chi connectivity index (χ1v) is 48.5. The normalized spacial score (nSPS) is 13.2. The van der Waals surface area contributed by atoms with E-state index in [0.29, 0.717) is 100 Å². The van der Waals surface area contributed by atoms with Crippen LogP contribution in [0.25, 0.3) is 0 Å². The van der Waals surface area contributed by atoms with E-state index in [1.165, 1.54) is 0 Å². The maximum atomic E-state index is 13.4. The van der Waals surface area contributed by atoms with Gasteiger partial charge < -0.3 is 55.6 Å². The molecule has 5 rings (SSSR count). The molecule has 0 amide bonds. The molecule has 16 nitrogen and oxygen atoms in total. The summed E-state index contributed by atoms with van der Waals surface area (Å²) in [6.07, 6.45) is 5.95. The molecule has 0 unspecified atom stereocenters. The van der Waals surface area contributed by atoms with Gasteiger partial charge in [0.15, 0.2) is 33.3 Å². The topological polar surface area (TPSA) is 179 Å². The standard InChI is InChI=1S/C84H128O16Si4/c1-57(53-97-101(21,22)81(5,6)7)77(85)93-37-29-33-61-41-65-49-67-43-62(34-30-38-94-78(86)58(2)54-98-102(23,24)82(8,9)10)45-69(74(67)90-18)51-71-47-64(36-32-40-96-80(88)60(4)56-100-104(27,28)84(14,15)16)48-72(76(71)92-20)52-70-46-63(44-68(75(70)91-19)50-66(42-61)73(65)89-17)35-31-39-95-79(87)59(3)55-99-103(25,26)83(11,12)13/h41-48H,1-4,29-40,49-56H2,5-28H3. The Bertz CT molecular complexity index is 3130. The van der Waals surface area contributed by atoms with Gasteiger partial charge in [0.05, 0.1) is 104 Å². The van der Waals surface area contributed by atoms with E-state index >= 15 is 0 Å². The van der Waals surface area contributed by atoms with Crippen LogP contribution in [0.2, 0.25) is 72.5 Å². The molecule has 1 aliphatic rings. The van der Waals surface area contributed by atoms with Gasteiger partial charge in [-0.15, -0.1) is 0 Å². The molecule has 0 N–H and O–H groups in total. The van der Waals surface area contributed by atoms with Gasteiger partial charge >= 0.3 is 23.9 Å². The number of methoxy groups -OCH3 is 4. The van der Waals surface area contributed by atoms with Crippen LogP contribution in [-0.2, 0) is 107 Å². The van der Waals surface area contributed by atoms with Gasteiger partial charge in [-0.05, 0) is 191 Å². The number of esters is 4. The Morgan fingerprint density at radius 2 is 0.462 bits per heavy atom. The SMILES string of the molecule is C=C(CO[Si](C)(C)C(C)(C)C)C(=O)OCCCc1cc2c(OC)c(c1)Cc1cc(CCCOC(=O)C(=C)CO[Si](C)(C)C(C)(C)C)cc(c1OC)Cc1cc(CCCOC(=O)C(=C)CO[Si](C)(C)C(C)(C)C)cc(c1OC)Cc1cc(CCCOC(=O)C(=C)CO[Si](C)(C)C(C)(C)C)cc(c1OC)C2. The van der Waals surface area contributed by atoms with Crippen molar-refractivity contribution in [3.63, 3.8) is 0 Å². The van der Waals surface area contributed by atoms with Crippen LogP contribution in [0.1, 0.15) is 176 Å². The average Bonchev–Trinajstić information content (AvgIpc) is 0.774. The highest BCUT2D eigenvalue weighted by atomic mass is 28.4. The highest BCUT2D eigenvalue weighted by Crippen LogP contribution is 2.44. The molecule has 0 saturated carbocycles. The van der Waals surface area contributed by atoms with E-state index in [9.17, 15) is 19.2 Å². The van der Waals surface area contributed by atoms with Crippen molar-refractivity contribution < 1.29 is 74.8 Å². The van der Waals surface area contributed by atoms with Gasteiger partial charge in [0.1, 0.15) is 23.0 Å². The van der Waals surface area contributed by atoms with Crippen LogP contribution in [0, 0.1) is 0 Å². The minimum atomic E-state index is -2.15. The van der Waals surface area contributed by atoms with Gasteiger partial charge in [-0.3, -0.25) is 0 Å². The van der Waals surface area contributed by atoms with Crippen LogP contribution in [-0.4, -0.2) is 138 Å². The van der Waals surface area contributed by atoms with Gasteiger partial charge in [0.2, 0.25) is 0 Å². The molecule has 0 fully saturated rings. The second-order valence-electron chi connectivity index (χ2n) is 34.1. The number of ether oxygens (including phenoxy) is 8. The fourth-order valence-corrected chi connectivity index (χ4v) is 15.0. The zero-order valence-electron chi connectivity index (χ0n) is 68.1. The Kier molecular flexibility index (Phi) is 31.8. The van der Waals surface area contributed by atoms with E-state index in [2.05, 4.69) is 210 Å². The molecule has 0 radical (unpaired) electrons. The van der Waals surface area contributed by atoms with Crippen LogP contribution in [0.4, 0.5) is 0 Å². The second kappa shape index (κ2) is 37.4. The van der Waals surface area contributed by atoms with Crippen molar-refractivity contribution in [2.24, 2.45) is 0 Å². The first-order chi connectivity index (χ1) is 48.2. The monoisotopic (exact) mass is 1500 g/mol. The van der Waals surface area contributed by atoms with Gasteiger partial charge in [0.25, 0.3) is 0 Å². The van der Waals surface area contributed by atoms with E-state index in [1.807, 2.05) is 0 Å². The van der Waals surface area contributed by atoms with Crippen molar-refractivity contribution in [1.82, 2.24) is 0 Å². The van der Waals surface area contributed by atoms with E-state index in [-0.39, 0.29) is 95.3 Å². The highest BCUT2D eigenvalue weighted by molar-refractivity contribution is 6.75. The van der Waals surface area contributed by atoms with Crippen LogP contribution < -0.4 is 18.9 Å². The molecule has 20 heteroatoms. The Balaban J connectivity index is 1.65. The van der Waals surface area contributed by atoms with Gasteiger partial charge in [-0.2, -0.15) is 0 Å². The molecular weight excluding hydrogens is 1380 g/mol. The Hall–Kier alpha value is -6.37. The number of hydrogen-bond donors (Lipinski definition) is 0. The number of hydrogen-bond acceptors (Lipinski definition) is 16.